The van der Waals surface area contributed by atoms with E-state index in [1.807, 2.05) is 12.1 Å². The van der Waals surface area contributed by atoms with Crippen LogP contribution in [-0.2, 0) is 0 Å². The fourth-order valence-electron chi connectivity index (χ4n) is 2.44. The van der Waals surface area contributed by atoms with Gasteiger partial charge in [0.2, 0.25) is 0 Å². The lowest BCUT2D eigenvalue weighted by Crippen LogP contribution is -2.50. The summed E-state index contributed by atoms with van der Waals surface area (Å²) >= 11 is 0. The molecule has 1 heterocycles. The average molecular weight is 248 g/mol. The number of nitrogens with one attached hydrogen (secondary N) is 1. The third-order valence-electron chi connectivity index (χ3n) is 3.20. The van der Waals surface area contributed by atoms with Crippen LogP contribution in [0.25, 0.3) is 0 Å². The molecule has 0 aromatic heterocycles. The maximum atomic E-state index is 6.12. The number of hydrogen-bond donors (Lipinski definition) is 1. The Balaban J connectivity index is 1.93. The minimum atomic E-state index is -0.148. The Bertz CT molecular complexity index is 384. The van der Waals surface area contributed by atoms with E-state index in [1.165, 1.54) is 5.56 Å². The van der Waals surface area contributed by atoms with Gasteiger partial charge in [-0.15, -0.1) is 0 Å². The highest BCUT2D eigenvalue weighted by Crippen LogP contribution is 2.20. The van der Waals surface area contributed by atoms with Gasteiger partial charge in [0.1, 0.15) is 11.4 Å². The summed E-state index contributed by atoms with van der Waals surface area (Å²) in [7, 11) is 0. The monoisotopic (exact) mass is 248 g/mol. The average Bonchev–Trinajstić information content (AvgIpc) is 2.28. The molecule has 18 heavy (non-hydrogen) atoms. The van der Waals surface area contributed by atoms with E-state index in [-0.39, 0.29) is 5.60 Å². The Morgan fingerprint density at radius 2 is 2.00 bits per heavy atom. The van der Waals surface area contributed by atoms with Crippen molar-refractivity contribution >= 4 is 0 Å². The third kappa shape index (κ3) is 4.00. The molecule has 1 aliphatic heterocycles. The number of rotatable bonds is 4. The summed E-state index contributed by atoms with van der Waals surface area (Å²) in [6.45, 7) is 11.8. The van der Waals surface area contributed by atoms with Crippen LogP contribution in [0.5, 0.6) is 5.75 Å². The first-order valence-corrected chi connectivity index (χ1v) is 6.74. The van der Waals surface area contributed by atoms with Crippen molar-refractivity contribution in [2.24, 2.45) is 0 Å². The second-order valence-electron chi connectivity index (χ2n) is 5.70. The lowest BCUT2D eigenvalue weighted by Gasteiger charge is -2.35. The molecule has 3 heteroatoms. The van der Waals surface area contributed by atoms with Crippen molar-refractivity contribution in [3.63, 3.8) is 0 Å². The molecule has 0 amide bonds. The highest BCUT2D eigenvalue weighted by Gasteiger charge is 2.24. The van der Waals surface area contributed by atoms with E-state index < -0.39 is 0 Å². The van der Waals surface area contributed by atoms with Crippen LogP contribution in [0.4, 0.5) is 0 Å². The van der Waals surface area contributed by atoms with E-state index >= 15 is 0 Å². The second kappa shape index (κ2) is 5.72. The van der Waals surface area contributed by atoms with Crippen molar-refractivity contribution in [2.75, 3.05) is 32.7 Å². The van der Waals surface area contributed by atoms with Crippen LogP contribution in [0.15, 0.2) is 24.3 Å². The molecule has 1 saturated heterocycles. The normalized spacial score (nSPS) is 17.7. The molecular formula is C15H24N2O. The summed E-state index contributed by atoms with van der Waals surface area (Å²) in [5, 5.41) is 3.38. The van der Waals surface area contributed by atoms with Crippen LogP contribution in [0.3, 0.4) is 0 Å². The van der Waals surface area contributed by atoms with Crippen LogP contribution >= 0.6 is 0 Å². The molecule has 3 nitrogen and oxygen atoms in total. The van der Waals surface area contributed by atoms with E-state index in [4.69, 9.17) is 4.74 Å². The summed E-state index contributed by atoms with van der Waals surface area (Å²) < 4.78 is 6.12. The molecule has 1 aromatic rings. The molecule has 1 fully saturated rings. The summed E-state index contributed by atoms with van der Waals surface area (Å²) in [4.78, 5) is 2.46. The third-order valence-corrected chi connectivity index (χ3v) is 3.20. The van der Waals surface area contributed by atoms with Crippen molar-refractivity contribution in [3.05, 3.63) is 29.8 Å². The fraction of sp³-hybridized carbons (Fsp3) is 0.600. The second-order valence-corrected chi connectivity index (χ2v) is 5.70. The molecule has 0 atom stereocenters. The predicted molar refractivity (Wildman–Crippen MR) is 75.2 cm³/mol. The number of benzene rings is 1. The van der Waals surface area contributed by atoms with Crippen LogP contribution in [0.1, 0.15) is 19.4 Å². The van der Waals surface area contributed by atoms with Crippen LogP contribution in [0, 0.1) is 6.92 Å². The van der Waals surface area contributed by atoms with Crippen molar-refractivity contribution in [1.29, 1.82) is 0 Å². The minimum Gasteiger partial charge on any atom is -0.487 e. The first kappa shape index (κ1) is 13.4. The Morgan fingerprint density at radius 3 is 2.67 bits per heavy atom. The van der Waals surface area contributed by atoms with Crippen LogP contribution in [-0.4, -0.2) is 43.2 Å². The molecule has 0 saturated carbocycles. The quantitative estimate of drug-likeness (QED) is 0.882. The topological polar surface area (TPSA) is 24.5 Å². The highest BCUT2D eigenvalue weighted by atomic mass is 16.5. The van der Waals surface area contributed by atoms with Crippen molar-refractivity contribution in [2.45, 2.75) is 26.4 Å². The van der Waals surface area contributed by atoms with Crippen LogP contribution in [0.2, 0.25) is 0 Å². The minimum absolute atomic E-state index is 0.148. The molecule has 0 unspecified atom stereocenters. The zero-order valence-corrected chi connectivity index (χ0v) is 11.7. The Morgan fingerprint density at radius 1 is 1.28 bits per heavy atom. The fourth-order valence-corrected chi connectivity index (χ4v) is 2.44. The lowest BCUT2D eigenvalue weighted by atomic mass is 10.1. The lowest BCUT2D eigenvalue weighted by molar-refractivity contribution is 0.0547. The van der Waals surface area contributed by atoms with Gasteiger partial charge in [-0.05, 0) is 38.5 Å². The summed E-state index contributed by atoms with van der Waals surface area (Å²) in [5.41, 5.74) is 1.09. The van der Waals surface area contributed by atoms with Gasteiger partial charge in [0, 0.05) is 32.7 Å². The molecule has 1 aliphatic rings. The number of aryl methyl sites for hydroxylation is 1. The van der Waals surface area contributed by atoms with Gasteiger partial charge in [-0.25, -0.2) is 0 Å². The van der Waals surface area contributed by atoms with Gasteiger partial charge in [-0.1, -0.05) is 12.1 Å². The molecule has 2 rings (SSSR count). The predicted octanol–water partition coefficient (Wildman–Crippen LogP) is 2.06. The molecule has 100 valence electrons. The smallest absolute Gasteiger partial charge is 0.120 e. The Labute approximate surface area is 110 Å². The largest absolute Gasteiger partial charge is 0.487 e. The van der Waals surface area contributed by atoms with Gasteiger partial charge in [0.05, 0.1) is 0 Å². The van der Waals surface area contributed by atoms with Crippen molar-refractivity contribution in [1.82, 2.24) is 10.2 Å². The van der Waals surface area contributed by atoms with E-state index in [1.54, 1.807) is 0 Å². The molecule has 1 N–H and O–H groups in total. The van der Waals surface area contributed by atoms with Gasteiger partial charge >= 0.3 is 0 Å². The molecule has 0 bridgehead atoms. The van der Waals surface area contributed by atoms with E-state index in [0.717, 1.165) is 38.5 Å². The van der Waals surface area contributed by atoms with E-state index in [0.29, 0.717) is 0 Å². The first-order valence-electron chi connectivity index (χ1n) is 6.74. The Kier molecular flexibility index (Phi) is 4.25. The van der Waals surface area contributed by atoms with Crippen molar-refractivity contribution < 1.29 is 4.74 Å². The number of nitrogens with zero attached hydrogens (tertiary/aromatic N) is 1. The van der Waals surface area contributed by atoms with E-state index in [2.05, 4.69) is 43.1 Å². The number of piperazine rings is 1. The zero-order chi connectivity index (χ0) is 13.0. The number of hydrogen-bond acceptors (Lipinski definition) is 3. The van der Waals surface area contributed by atoms with E-state index in [9.17, 15) is 0 Å². The zero-order valence-electron chi connectivity index (χ0n) is 11.7. The summed E-state index contributed by atoms with van der Waals surface area (Å²) in [6, 6.07) is 8.27. The van der Waals surface area contributed by atoms with Gasteiger partial charge in [0.25, 0.3) is 0 Å². The van der Waals surface area contributed by atoms with Crippen molar-refractivity contribution in [3.8, 4) is 5.75 Å². The van der Waals surface area contributed by atoms with Gasteiger partial charge < -0.3 is 10.1 Å². The maximum Gasteiger partial charge on any atom is 0.120 e. The summed E-state index contributed by atoms with van der Waals surface area (Å²) in [6.07, 6.45) is 0. The van der Waals surface area contributed by atoms with Gasteiger partial charge in [0.15, 0.2) is 0 Å². The highest BCUT2D eigenvalue weighted by molar-refractivity contribution is 5.28. The molecule has 0 spiro atoms. The Hall–Kier alpha value is -1.06. The first-order chi connectivity index (χ1) is 8.55. The van der Waals surface area contributed by atoms with Gasteiger partial charge in [-0.2, -0.15) is 0 Å². The molecule has 1 aromatic carbocycles. The standard InChI is InChI=1S/C15H24N2O/c1-13-5-4-6-14(11-13)18-15(2,3)12-17-9-7-16-8-10-17/h4-6,11,16H,7-10,12H2,1-3H3. The molecule has 0 radical (unpaired) electrons. The van der Waals surface area contributed by atoms with Gasteiger partial charge in [-0.3, -0.25) is 4.90 Å². The summed E-state index contributed by atoms with van der Waals surface area (Å²) in [5.74, 6) is 0.968. The van der Waals surface area contributed by atoms with Crippen LogP contribution < -0.4 is 10.1 Å². The maximum absolute atomic E-state index is 6.12. The molecule has 0 aliphatic carbocycles. The SMILES string of the molecule is Cc1cccc(OC(C)(C)CN2CCNCC2)c1. The molecular weight excluding hydrogens is 224 g/mol. The number of ether oxygens (including phenoxy) is 1.